The van der Waals surface area contributed by atoms with Gasteiger partial charge in [-0.05, 0) is 31.2 Å². The summed E-state index contributed by atoms with van der Waals surface area (Å²) >= 11 is 0. The Labute approximate surface area is 188 Å². The average Bonchev–Trinajstić information content (AvgIpc) is 2.79. The molecule has 0 bridgehead atoms. The number of H-pyrrole nitrogens is 1. The molecule has 0 unspecified atom stereocenters. The van der Waals surface area contributed by atoms with E-state index in [4.69, 9.17) is 4.74 Å². The number of aromatic nitrogens is 1. The van der Waals surface area contributed by atoms with Gasteiger partial charge in [0.05, 0.1) is 39.8 Å². The van der Waals surface area contributed by atoms with Crippen molar-refractivity contribution in [2.75, 3.05) is 31.6 Å². The number of aromatic amines is 1. The SMILES string of the molecule is Cc1c(NC(=O)c2cc(=O)[nH]c3ccc(S(=O)(=O)N4CCOCC4)cc23)cccc1[N+](=O)[O-]. The molecule has 4 rings (SSSR count). The van der Waals surface area contributed by atoms with Crippen molar-refractivity contribution in [1.82, 2.24) is 9.29 Å². The highest BCUT2D eigenvalue weighted by Gasteiger charge is 2.27. The Bertz CT molecular complexity index is 1430. The number of nitro groups is 1. The quantitative estimate of drug-likeness (QED) is 0.426. The number of hydrogen-bond donors (Lipinski definition) is 2. The fourth-order valence-electron chi connectivity index (χ4n) is 3.66. The van der Waals surface area contributed by atoms with Crippen molar-refractivity contribution in [3.05, 3.63) is 74.1 Å². The van der Waals surface area contributed by atoms with Gasteiger partial charge in [-0.25, -0.2) is 8.42 Å². The highest BCUT2D eigenvalue weighted by Crippen LogP contribution is 2.27. The molecule has 3 aromatic rings. The molecule has 0 atom stereocenters. The maximum atomic E-state index is 13.1. The molecule has 1 saturated heterocycles. The van der Waals surface area contributed by atoms with Gasteiger partial charge in [-0.1, -0.05) is 6.07 Å². The third kappa shape index (κ3) is 4.35. The summed E-state index contributed by atoms with van der Waals surface area (Å²) in [5.74, 6) is -0.699. The molecule has 2 N–H and O–H groups in total. The molecule has 0 aliphatic carbocycles. The lowest BCUT2D eigenvalue weighted by Gasteiger charge is -2.26. The molecule has 172 valence electrons. The first-order chi connectivity index (χ1) is 15.7. The van der Waals surface area contributed by atoms with Gasteiger partial charge < -0.3 is 15.0 Å². The van der Waals surface area contributed by atoms with Crippen LogP contribution < -0.4 is 10.9 Å². The van der Waals surface area contributed by atoms with Gasteiger partial charge in [0.25, 0.3) is 11.6 Å². The Kier molecular flexibility index (Phi) is 5.97. The monoisotopic (exact) mass is 472 g/mol. The van der Waals surface area contributed by atoms with Crippen LogP contribution in [0.1, 0.15) is 15.9 Å². The number of nitrogens with one attached hydrogen (secondary N) is 2. The Morgan fingerprint density at radius 2 is 1.91 bits per heavy atom. The number of rotatable bonds is 5. The predicted molar refractivity (Wildman–Crippen MR) is 120 cm³/mol. The molecule has 0 spiro atoms. The number of nitro benzene ring substituents is 1. The van der Waals surface area contributed by atoms with Gasteiger partial charge in [0.15, 0.2) is 0 Å². The lowest BCUT2D eigenvalue weighted by atomic mass is 10.1. The van der Waals surface area contributed by atoms with E-state index in [1.165, 1.54) is 47.6 Å². The van der Waals surface area contributed by atoms with Crippen molar-refractivity contribution in [1.29, 1.82) is 0 Å². The summed E-state index contributed by atoms with van der Waals surface area (Å²) in [5.41, 5.74) is -0.0296. The van der Waals surface area contributed by atoms with E-state index in [1.54, 1.807) is 0 Å². The minimum absolute atomic E-state index is 0.0236. The third-order valence-corrected chi connectivity index (χ3v) is 7.31. The summed E-state index contributed by atoms with van der Waals surface area (Å²) in [6, 6.07) is 9.46. The number of benzene rings is 2. The van der Waals surface area contributed by atoms with E-state index >= 15 is 0 Å². The average molecular weight is 472 g/mol. The first kappa shape index (κ1) is 22.6. The zero-order valence-electron chi connectivity index (χ0n) is 17.5. The topological polar surface area (TPSA) is 152 Å². The highest BCUT2D eigenvalue weighted by molar-refractivity contribution is 7.89. The number of ether oxygens (including phenoxy) is 1. The van der Waals surface area contributed by atoms with Crippen LogP contribution in [0.15, 0.2) is 52.2 Å². The van der Waals surface area contributed by atoms with E-state index in [9.17, 15) is 28.1 Å². The summed E-state index contributed by atoms with van der Waals surface area (Å²) in [6.45, 7) is 2.50. The van der Waals surface area contributed by atoms with E-state index in [2.05, 4.69) is 10.3 Å². The van der Waals surface area contributed by atoms with Crippen LogP contribution in [-0.2, 0) is 14.8 Å². The molecule has 33 heavy (non-hydrogen) atoms. The van der Waals surface area contributed by atoms with Crippen LogP contribution in [-0.4, -0.2) is 54.8 Å². The van der Waals surface area contributed by atoms with E-state index in [1.807, 2.05) is 0 Å². The van der Waals surface area contributed by atoms with E-state index < -0.39 is 26.4 Å². The Balaban J connectivity index is 1.77. The molecule has 1 aromatic heterocycles. The van der Waals surface area contributed by atoms with Crippen LogP contribution in [0.25, 0.3) is 10.9 Å². The number of pyridine rings is 1. The predicted octanol–water partition coefficient (Wildman–Crippen LogP) is 2.02. The van der Waals surface area contributed by atoms with Crippen LogP contribution in [0, 0.1) is 17.0 Å². The van der Waals surface area contributed by atoms with E-state index in [-0.39, 0.29) is 64.6 Å². The molecular weight excluding hydrogens is 452 g/mol. The molecule has 2 heterocycles. The summed E-state index contributed by atoms with van der Waals surface area (Å²) in [5, 5.41) is 14.0. The number of carbonyl (C=O) groups is 1. The number of carbonyl (C=O) groups excluding carboxylic acids is 1. The Morgan fingerprint density at radius 1 is 1.18 bits per heavy atom. The number of morpholine rings is 1. The van der Waals surface area contributed by atoms with Crippen molar-refractivity contribution < 1.29 is 22.9 Å². The maximum absolute atomic E-state index is 13.1. The minimum Gasteiger partial charge on any atom is -0.379 e. The second-order valence-electron chi connectivity index (χ2n) is 7.43. The van der Waals surface area contributed by atoms with Crippen molar-refractivity contribution in [3.8, 4) is 0 Å². The number of nitrogens with zero attached hydrogens (tertiary/aromatic N) is 2. The summed E-state index contributed by atoms with van der Waals surface area (Å²) in [7, 11) is -3.83. The smallest absolute Gasteiger partial charge is 0.274 e. The van der Waals surface area contributed by atoms with Gasteiger partial charge in [0, 0.05) is 36.1 Å². The van der Waals surface area contributed by atoms with E-state index in [0.29, 0.717) is 0 Å². The number of amides is 1. The summed E-state index contributed by atoms with van der Waals surface area (Å²) in [4.78, 5) is 38.4. The Morgan fingerprint density at radius 3 is 2.61 bits per heavy atom. The number of hydrogen-bond acceptors (Lipinski definition) is 7. The van der Waals surface area contributed by atoms with Crippen LogP contribution in [0.2, 0.25) is 0 Å². The zero-order chi connectivity index (χ0) is 23.8. The van der Waals surface area contributed by atoms with Crippen LogP contribution in [0.4, 0.5) is 11.4 Å². The van der Waals surface area contributed by atoms with E-state index in [0.717, 1.165) is 6.07 Å². The largest absolute Gasteiger partial charge is 0.379 e. The van der Waals surface area contributed by atoms with Crippen LogP contribution in [0.3, 0.4) is 0 Å². The molecule has 1 aliphatic rings. The molecule has 0 saturated carbocycles. The van der Waals surface area contributed by atoms with Crippen LogP contribution >= 0.6 is 0 Å². The lowest BCUT2D eigenvalue weighted by molar-refractivity contribution is -0.385. The molecule has 0 radical (unpaired) electrons. The molecule has 12 heteroatoms. The van der Waals surface area contributed by atoms with Gasteiger partial charge in [-0.15, -0.1) is 0 Å². The molecule has 1 fully saturated rings. The third-order valence-electron chi connectivity index (χ3n) is 5.42. The number of sulfonamides is 1. The second-order valence-corrected chi connectivity index (χ2v) is 9.37. The van der Waals surface area contributed by atoms with Gasteiger partial charge in [0.2, 0.25) is 15.6 Å². The second kappa shape index (κ2) is 8.73. The lowest BCUT2D eigenvalue weighted by Crippen LogP contribution is -2.40. The molecule has 1 aliphatic heterocycles. The van der Waals surface area contributed by atoms with Crippen molar-refractivity contribution in [2.24, 2.45) is 0 Å². The van der Waals surface area contributed by atoms with Crippen LogP contribution in [0.5, 0.6) is 0 Å². The van der Waals surface area contributed by atoms with Gasteiger partial charge in [0.1, 0.15) is 0 Å². The van der Waals surface area contributed by atoms with Crippen molar-refractivity contribution in [2.45, 2.75) is 11.8 Å². The maximum Gasteiger partial charge on any atom is 0.274 e. The van der Waals surface area contributed by atoms with Gasteiger partial charge >= 0.3 is 0 Å². The van der Waals surface area contributed by atoms with Gasteiger partial charge in [-0.2, -0.15) is 4.31 Å². The minimum atomic E-state index is -3.83. The number of fused-ring (bicyclic) bond motifs is 1. The fourth-order valence-corrected chi connectivity index (χ4v) is 5.10. The standard InChI is InChI=1S/C21H20N4O7S/c1-13-17(3-2-4-19(13)25(28)29)23-21(27)16-12-20(26)22-18-6-5-14(11-15(16)18)33(30,31)24-7-9-32-10-8-24/h2-6,11-12H,7-10H2,1H3,(H,22,26)(H,23,27). The zero-order valence-corrected chi connectivity index (χ0v) is 18.3. The molecule has 11 nitrogen and oxygen atoms in total. The normalized spacial score (nSPS) is 14.8. The molecular formula is C21H20N4O7S. The number of anilines is 1. The first-order valence-corrected chi connectivity index (χ1v) is 11.4. The van der Waals surface area contributed by atoms with Crippen molar-refractivity contribution >= 4 is 38.2 Å². The summed E-state index contributed by atoms with van der Waals surface area (Å²) < 4.78 is 32.6. The fraction of sp³-hybridized carbons (Fsp3) is 0.238. The molecule has 2 aromatic carbocycles. The highest BCUT2D eigenvalue weighted by atomic mass is 32.2. The first-order valence-electron chi connectivity index (χ1n) is 9.99. The van der Waals surface area contributed by atoms with Crippen molar-refractivity contribution in [3.63, 3.8) is 0 Å². The van der Waals surface area contributed by atoms with Gasteiger partial charge in [-0.3, -0.25) is 19.7 Å². The summed E-state index contributed by atoms with van der Waals surface area (Å²) in [6.07, 6.45) is 0. The molecule has 1 amide bonds. The Hall–Kier alpha value is -3.61.